The van der Waals surface area contributed by atoms with Crippen molar-refractivity contribution in [2.75, 3.05) is 38.2 Å². The number of methoxy groups -OCH3 is 1. The second kappa shape index (κ2) is 8.96. The Bertz CT molecular complexity index is 1160. The second-order valence-corrected chi connectivity index (χ2v) is 8.56. The van der Waals surface area contributed by atoms with E-state index in [-0.39, 0.29) is 5.91 Å². The number of piperazine rings is 1. The SMILES string of the molecule is COc1ccc(-c2ccc(/C=C3\SC(N4CCN(c5ccccc5)CC4)=NC3=O)o2)cc1. The Morgan fingerprint density at radius 1 is 0.938 bits per heavy atom. The van der Waals surface area contributed by atoms with Gasteiger partial charge in [-0.3, -0.25) is 4.79 Å². The van der Waals surface area contributed by atoms with E-state index in [2.05, 4.69) is 39.1 Å². The minimum absolute atomic E-state index is 0.210. The standard InChI is InChI=1S/C25H23N3O3S/c1-30-20-9-7-18(8-10-20)22-12-11-21(31-22)17-23-24(29)26-25(32-23)28-15-13-27(14-16-28)19-5-3-2-4-6-19/h2-12,17H,13-16H2,1H3/b23-17-. The number of anilines is 1. The van der Waals surface area contributed by atoms with Gasteiger partial charge in [0.2, 0.25) is 0 Å². The first-order valence-corrected chi connectivity index (χ1v) is 11.3. The van der Waals surface area contributed by atoms with Gasteiger partial charge in [-0.2, -0.15) is 4.99 Å². The van der Waals surface area contributed by atoms with Gasteiger partial charge < -0.3 is 19.0 Å². The van der Waals surface area contributed by atoms with E-state index >= 15 is 0 Å². The molecule has 0 saturated carbocycles. The lowest BCUT2D eigenvalue weighted by Gasteiger charge is -2.36. The van der Waals surface area contributed by atoms with Crippen LogP contribution < -0.4 is 9.64 Å². The Morgan fingerprint density at radius 3 is 2.38 bits per heavy atom. The van der Waals surface area contributed by atoms with Crippen LogP contribution in [0.5, 0.6) is 5.75 Å². The molecule has 0 atom stereocenters. The number of furan rings is 1. The van der Waals surface area contributed by atoms with Gasteiger partial charge in [-0.05, 0) is 60.3 Å². The van der Waals surface area contributed by atoms with Gasteiger partial charge in [0.15, 0.2) is 5.17 Å². The highest BCUT2D eigenvalue weighted by atomic mass is 32.2. The molecule has 0 radical (unpaired) electrons. The van der Waals surface area contributed by atoms with Crippen LogP contribution in [0.3, 0.4) is 0 Å². The molecular formula is C25H23N3O3S. The highest BCUT2D eigenvalue weighted by Crippen LogP contribution is 2.32. The summed E-state index contributed by atoms with van der Waals surface area (Å²) in [6.07, 6.45) is 1.77. The zero-order valence-electron chi connectivity index (χ0n) is 17.7. The molecule has 32 heavy (non-hydrogen) atoms. The highest BCUT2D eigenvalue weighted by molar-refractivity contribution is 8.18. The summed E-state index contributed by atoms with van der Waals surface area (Å²) in [5.74, 6) is 1.97. The van der Waals surface area contributed by atoms with Crippen molar-refractivity contribution >= 4 is 34.6 Å². The maximum atomic E-state index is 12.5. The van der Waals surface area contributed by atoms with Crippen molar-refractivity contribution in [3.05, 3.63) is 77.4 Å². The number of carbonyl (C=O) groups excluding carboxylic acids is 1. The van der Waals surface area contributed by atoms with Gasteiger partial charge in [-0.25, -0.2) is 0 Å². The zero-order chi connectivity index (χ0) is 21.9. The van der Waals surface area contributed by atoms with Crippen molar-refractivity contribution in [1.82, 2.24) is 4.90 Å². The maximum absolute atomic E-state index is 12.5. The number of aliphatic imine (C=N–C) groups is 1. The van der Waals surface area contributed by atoms with Crippen LogP contribution in [0.2, 0.25) is 0 Å². The quantitative estimate of drug-likeness (QED) is 0.541. The van der Waals surface area contributed by atoms with Gasteiger partial charge in [0.25, 0.3) is 5.91 Å². The van der Waals surface area contributed by atoms with Gasteiger partial charge in [0.1, 0.15) is 17.3 Å². The van der Waals surface area contributed by atoms with Crippen LogP contribution in [-0.4, -0.2) is 49.3 Å². The second-order valence-electron chi connectivity index (χ2n) is 7.55. The molecule has 3 aromatic rings. The molecule has 0 spiro atoms. The first kappa shape index (κ1) is 20.5. The molecule has 0 unspecified atom stereocenters. The van der Waals surface area contributed by atoms with Crippen molar-refractivity contribution in [3.63, 3.8) is 0 Å². The third kappa shape index (κ3) is 4.29. The molecule has 2 aliphatic heterocycles. The van der Waals surface area contributed by atoms with Gasteiger partial charge in [0.05, 0.1) is 12.0 Å². The molecule has 162 valence electrons. The minimum Gasteiger partial charge on any atom is -0.497 e. The normalized spacial score (nSPS) is 17.7. The van der Waals surface area contributed by atoms with Crippen molar-refractivity contribution in [3.8, 4) is 17.1 Å². The predicted molar refractivity (Wildman–Crippen MR) is 129 cm³/mol. The third-order valence-corrected chi connectivity index (χ3v) is 6.60. The fourth-order valence-electron chi connectivity index (χ4n) is 3.80. The Labute approximate surface area is 191 Å². The van der Waals surface area contributed by atoms with Crippen LogP contribution in [0.1, 0.15) is 5.76 Å². The molecule has 0 N–H and O–H groups in total. The molecular weight excluding hydrogens is 422 g/mol. The summed E-state index contributed by atoms with van der Waals surface area (Å²) >= 11 is 1.42. The van der Waals surface area contributed by atoms with Crippen molar-refractivity contribution in [2.24, 2.45) is 4.99 Å². The van der Waals surface area contributed by atoms with Crippen LogP contribution in [-0.2, 0) is 4.79 Å². The number of hydrogen-bond donors (Lipinski definition) is 0. The summed E-state index contributed by atoms with van der Waals surface area (Å²) in [5.41, 5.74) is 2.18. The van der Waals surface area contributed by atoms with Crippen molar-refractivity contribution in [1.29, 1.82) is 0 Å². The van der Waals surface area contributed by atoms with Gasteiger partial charge >= 0.3 is 0 Å². The molecule has 1 saturated heterocycles. The van der Waals surface area contributed by atoms with Crippen LogP contribution in [0.25, 0.3) is 17.4 Å². The Hall–Kier alpha value is -3.45. The topological polar surface area (TPSA) is 58.3 Å². The lowest BCUT2D eigenvalue weighted by molar-refractivity contribution is -0.113. The lowest BCUT2D eigenvalue weighted by atomic mass is 10.2. The monoisotopic (exact) mass is 445 g/mol. The number of benzene rings is 2. The first-order chi connectivity index (χ1) is 15.7. The smallest absolute Gasteiger partial charge is 0.286 e. The average molecular weight is 446 g/mol. The number of rotatable bonds is 4. The molecule has 1 fully saturated rings. The molecule has 0 bridgehead atoms. The molecule has 1 aromatic heterocycles. The molecule has 3 heterocycles. The van der Waals surface area contributed by atoms with E-state index in [4.69, 9.17) is 9.15 Å². The van der Waals surface area contributed by atoms with Gasteiger partial charge in [0, 0.05) is 43.5 Å². The van der Waals surface area contributed by atoms with Crippen LogP contribution >= 0.6 is 11.8 Å². The fraction of sp³-hybridized carbons (Fsp3) is 0.200. The molecule has 7 heteroatoms. The predicted octanol–water partition coefficient (Wildman–Crippen LogP) is 4.75. The Kier molecular flexibility index (Phi) is 5.73. The third-order valence-electron chi connectivity index (χ3n) is 5.56. The average Bonchev–Trinajstić information content (AvgIpc) is 3.47. The van der Waals surface area contributed by atoms with Crippen LogP contribution in [0.15, 0.2) is 81.0 Å². The number of hydrogen-bond acceptors (Lipinski definition) is 6. The molecule has 0 aliphatic carbocycles. The Morgan fingerprint density at radius 2 is 1.66 bits per heavy atom. The van der Waals surface area contributed by atoms with E-state index < -0.39 is 0 Å². The maximum Gasteiger partial charge on any atom is 0.286 e. The van der Waals surface area contributed by atoms with E-state index in [1.807, 2.05) is 42.5 Å². The number of amidine groups is 1. The number of thioether (sulfide) groups is 1. The number of carbonyl (C=O) groups is 1. The number of para-hydroxylation sites is 1. The summed E-state index contributed by atoms with van der Waals surface area (Å²) in [7, 11) is 1.64. The van der Waals surface area contributed by atoms with Crippen molar-refractivity contribution in [2.45, 2.75) is 0 Å². The summed E-state index contributed by atoms with van der Waals surface area (Å²) in [4.78, 5) is 21.9. The van der Waals surface area contributed by atoms with E-state index in [1.165, 1.54) is 17.4 Å². The summed E-state index contributed by atoms with van der Waals surface area (Å²) in [6, 6.07) is 21.9. The number of nitrogens with zero attached hydrogens (tertiary/aromatic N) is 3. The largest absolute Gasteiger partial charge is 0.497 e. The van der Waals surface area contributed by atoms with E-state index in [0.29, 0.717) is 10.7 Å². The lowest BCUT2D eigenvalue weighted by Crippen LogP contribution is -2.47. The molecule has 5 rings (SSSR count). The molecule has 1 amide bonds. The minimum atomic E-state index is -0.210. The molecule has 2 aromatic carbocycles. The van der Waals surface area contributed by atoms with E-state index in [9.17, 15) is 4.79 Å². The summed E-state index contributed by atoms with van der Waals surface area (Å²) in [6.45, 7) is 3.48. The van der Waals surface area contributed by atoms with Crippen LogP contribution in [0.4, 0.5) is 5.69 Å². The Balaban J connectivity index is 1.23. The highest BCUT2D eigenvalue weighted by Gasteiger charge is 2.28. The zero-order valence-corrected chi connectivity index (χ0v) is 18.5. The van der Waals surface area contributed by atoms with Gasteiger partial charge in [-0.1, -0.05) is 18.2 Å². The van der Waals surface area contributed by atoms with Crippen molar-refractivity contribution < 1.29 is 13.9 Å². The fourth-order valence-corrected chi connectivity index (χ4v) is 4.74. The van der Waals surface area contributed by atoms with Crippen LogP contribution in [0, 0.1) is 0 Å². The number of amides is 1. The number of ether oxygens (including phenoxy) is 1. The molecule has 2 aliphatic rings. The van der Waals surface area contributed by atoms with Gasteiger partial charge in [-0.15, -0.1) is 0 Å². The molecule has 6 nitrogen and oxygen atoms in total. The van der Waals surface area contributed by atoms with E-state index in [1.54, 1.807) is 13.2 Å². The first-order valence-electron chi connectivity index (χ1n) is 10.5. The summed E-state index contributed by atoms with van der Waals surface area (Å²) in [5, 5.41) is 0.774. The van der Waals surface area contributed by atoms with E-state index in [0.717, 1.165) is 48.4 Å². The summed E-state index contributed by atoms with van der Waals surface area (Å²) < 4.78 is 11.1.